The first kappa shape index (κ1) is 31.7. The number of carboxylic acid groups (broad SMARTS) is 1. The van der Waals surface area contributed by atoms with Gasteiger partial charge >= 0.3 is 6.09 Å². The number of likely N-dealkylation sites (N-methyl/N-ethyl adjacent to an activating group) is 1. The van der Waals surface area contributed by atoms with Crippen molar-refractivity contribution in [2.24, 2.45) is 0 Å². The molecule has 0 saturated heterocycles. The van der Waals surface area contributed by atoms with E-state index >= 15 is 0 Å². The molecule has 2 N–H and O–H groups in total. The van der Waals surface area contributed by atoms with Crippen LogP contribution in [0.5, 0.6) is 0 Å². The number of hydrogen-bond acceptors (Lipinski definition) is 7. The fraction of sp³-hybridized carbons (Fsp3) is 0.345. The van der Waals surface area contributed by atoms with E-state index in [1.807, 2.05) is 18.2 Å². The molecule has 0 saturated carbocycles. The molecule has 0 unspecified atom stereocenters. The Hall–Kier alpha value is -4.23. The normalized spacial score (nSPS) is 17.7. The second-order valence-electron chi connectivity index (χ2n) is 10.6. The van der Waals surface area contributed by atoms with Crippen molar-refractivity contribution < 1.29 is 32.7 Å². The monoisotopic (exact) mass is 629 g/mol. The number of carbonyl (C=O) groups excluding carboxylic acids is 3. The van der Waals surface area contributed by atoms with Gasteiger partial charge < -0.3 is 20.2 Å². The Morgan fingerprint density at radius 2 is 1.72 bits per heavy atom. The van der Waals surface area contributed by atoms with Gasteiger partial charge in [0.25, 0.3) is 5.91 Å². The summed E-state index contributed by atoms with van der Waals surface area (Å²) in [6, 6.07) is 10.2. The predicted molar refractivity (Wildman–Crippen MR) is 163 cm³/mol. The molecule has 0 spiro atoms. The molecule has 43 heavy (non-hydrogen) atoms. The molecule has 1 aromatic heterocycles. The smallest absolute Gasteiger partial charge is 0.407 e. The maximum absolute atomic E-state index is 14.4. The summed E-state index contributed by atoms with van der Waals surface area (Å²) in [5, 5.41) is 13.0. The summed E-state index contributed by atoms with van der Waals surface area (Å²) >= 11 is 6.48. The van der Waals surface area contributed by atoms with Crippen LogP contribution < -0.4 is 15.1 Å². The number of halogens is 1. The number of para-hydroxylation sites is 3. The summed E-state index contributed by atoms with van der Waals surface area (Å²) in [7, 11) is -2.55. The Morgan fingerprint density at radius 1 is 1.12 bits per heavy atom. The summed E-state index contributed by atoms with van der Waals surface area (Å²) in [5.74, 6) is -2.99. The minimum absolute atomic E-state index is 0.0256. The molecule has 3 aromatic rings. The van der Waals surface area contributed by atoms with Crippen LogP contribution in [0, 0.1) is 6.92 Å². The number of aromatic nitrogens is 1. The maximum Gasteiger partial charge on any atom is 0.407 e. The number of amides is 4. The third-order valence-electron chi connectivity index (χ3n) is 7.59. The van der Waals surface area contributed by atoms with Crippen LogP contribution in [-0.2, 0) is 30.8 Å². The Labute approximate surface area is 254 Å². The summed E-state index contributed by atoms with van der Waals surface area (Å²) in [6.07, 6.45) is -0.417. The number of benzene rings is 2. The molecule has 14 heteroatoms. The van der Waals surface area contributed by atoms with Gasteiger partial charge in [-0.1, -0.05) is 41.9 Å². The van der Waals surface area contributed by atoms with Crippen LogP contribution in [0.3, 0.4) is 0 Å². The lowest BCUT2D eigenvalue weighted by molar-refractivity contribution is -0.130. The van der Waals surface area contributed by atoms with E-state index in [2.05, 4.69) is 10.3 Å². The summed E-state index contributed by atoms with van der Waals surface area (Å²) in [5.41, 5.74) is 2.51. The number of anilines is 2. The number of sulfone groups is 1. The van der Waals surface area contributed by atoms with Crippen molar-refractivity contribution in [1.82, 2.24) is 15.2 Å². The second-order valence-corrected chi connectivity index (χ2v) is 13.1. The maximum atomic E-state index is 14.4. The highest BCUT2D eigenvalue weighted by atomic mass is 35.5. The van der Waals surface area contributed by atoms with E-state index in [9.17, 15) is 32.7 Å². The Bertz CT molecular complexity index is 1730. The molecule has 12 nitrogen and oxygen atoms in total. The molecule has 2 heterocycles. The van der Waals surface area contributed by atoms with Crippen LogP contribution in [0.1, 0.15) is 25.0 Å². The van der Waals surface area contributed by atoms with Gasteiger partial charge in [-0.15, -0.1) is 0 Å². The van der Waals surface area contributed by atoms with Crippen LogP contribution in [-0.4, -0.2) is 84.4 Å². The van der Waals surface area contributed by atoms with Crippen molar-refractivity contribution in [2.45, 2.75) is 45.4 Å². The number of carbonyl (C=O) groups is 4. The summed E-state index contributed by atoms with van der Waals surface area (Å²) in [4.78, 5) is 60.6. The first-order chi connectivity index (χ1) is 20.1. The molecule has 0 fully saturated rings. The highest BCUT2D eigenvalue weighted by molar-refractivity contribution is 7.91. The molecule has 1 aliphatic heterocycles. The molecule has 2 aromatic carbocycles. The molecule has 0 aliphatic carbocycles. The molecule has 0 bridgehead atoms. The average molecular weight is 630 g/mol. The lowest BCUT2D eigenvalue weighted by Crippen LogP contribution is -2.60. The molecule has 1 aliphatic rings. The minimum atomic E-state index is -3.77. The number of pyridine rings is 1. The highest BCUT2D eigenvalue weighted by Crippen LogP contribution is 2.38. The van der Waals surface area contributed by atoms with E-state index in [0.717, 1.165) is 16.5 Å². The van der Waals surface area contributed by atoms with Crippen molar-refractivity contribution in [1.29, 1.82) is 0 Å². The zero-order chi connectivity index (χ0) is 31.8. The quantitative estimate of drug-likeness (QED) is 0.378. The van der Waals surface area contributed by atoms with Crippen LogP contribution in [0.2, 0.25) is 5.15 Å². The first-order valence-electron chi connectivity index (χ1n) is 13.3. The van der Waals surface area contributed by atoms with E-state index in [1.165, 1.54) is 30.7 Å². The van der Waals surface area contributed by atoms with E-state index in [1.54, 1.807) is 37.3 Å². The van der Waals surface area contributed by atoms with E-state index in [0.29, 0.717) is 22.3 Å². The van der Waals surface area contributed by atoms with Crippen molar-refractivity contribution >= 4 is 67.5 Å². The van der Waals surface area contributed by atoms with Crippen molar-refractivity contribution in [3.63, 3.8) is 0 Å². The SMILES string of the molecule is Cc1c(Cl)nc2ccccc2c1CN1C(=O)[C@@H](NC(=O)[C@H](C)N(C)C(=O)O)[C@H](C)N(C(=O)CS(C)(=O)=O)c2ccccc21. The molecule has 0 radical (unpaired) electrons. The zero-order valence-corrected chi connectivity index (χ0v) is 25.8. The largest absolute Gasteiger partial charge is 0.465 e. The number of rotatable bonds is 7. The van der Waals surface area contributed by atoms with Crippen molar-refractivity contribution in [3.05, 3.63) is 64.8 Å². The second kappa shape index (κ2) is 12.2. The third-order valence-corrected chi connectivity index (χ3v) is 8.73. The van der Waals surface area contributed by atoms with Gasteiger partial charge in [0.15, 0.2) is 9.84 Å². The number of hydrogen-bond donors (Lipinski definition) is 2. The average Bonchev–Trinajstić information content (AvgIpc) is 3.02. The summed E-state index contributed by atoms with van der Waals surface area (Å²) < 4.78 is 24.3. The van der Waals surface area contributed by atoms with Crippen LogP contribution in [0.25, 0.3) is 10.9 Å². The molecular formula is C29H32ClN5O7S. The molecule has 4 rings (SSSR count). The molecule has 3 atom stereocenters. The topological polar surface area (TPSA) is 157 Å². The van der Waals surface area contributed by atoms with Gasteiger partial charge in [0.2, 0.25) is 11.8 Å². The lowest BCUT2D eigenvalue weighted by Gasteiger charge is -2.33. The Balaban J connectivity index is 1.90. The molecular weight excluding hydrogens is 598 g/mol. The van der Waals surface area contributed by atoms with Gasteiger partial charge in [0.1, 0.15) is 23.0 Å². The van der Waals surface area contributed by atoms with Crippen LogP contribution >= 0.6 is 11.6 Å². The van der Waals surface area contributed by atoms with Crippen LogP contribution in [0.15, 0.2) is 48.5 Å². The highest BCUT2D eigenvalue weighted by Gasteiger charge is 2.43. The van der Waals surface area contributed by atoms with E-state index < -0.39 is 57.5 Å². The van der Waals surface area contributed by atoms with E-state index in [-0.39, 0.29) is 17.4 Å². The van der Waals surface area contributed by atoms with Gasteiger partial charge in [-0.05, 0) is 50.1 Å². The number of nitrogens with one attached hydrogen (secondary N) is 1. The predicted octanol–water partition coefficient (Wildman–Crippen LogP) is 2.99. The van der Waals surface area contributed by atoms with Gasteiger partial charge in [0.05, 0.1) is 29.5 Å². The zero-order valence-electron chi connectivity index (χ0n) is 24.2. The van der Waals surface area contributed by atoms with Gasteiger partial charge in [-0.2, -0.15) is 0 Å². The van der Waals surface area contributed by atoms with Crippen molar-refractivity contribution in [2.75, 3.05) is 28.9 Å². The van der Waals surface area contributed by atoms with Gasteiger partial charge in [0, 0.05) is 18.7 Å². The lowest BCUT2D eigenvalue weighted by atomic mass is 10.0. The summed E-state index contributed by atoms with van der Waals surface area (Å²) in [6.45, 7) is 4.64. The fourth-order valence-corrected chi connectivity index (χ4v) is 5.87. The van der Waals surface area contributed by atoms with Crippen LogP contribution in [0.4, 0.5) is 16.2 Å². The van der Waals surface area contributed by atoms with Gasteiger partial charge in [-0.3, -0.25) is 19.3 Å². The minimum Gasteiger partial charge on any atom is -0.465 e. The number of nitrogens with zero attached hydrogens (tertiary/aromatic N) is 4. The van der Waals surface area contributed by atoms with Gasteiger partial charge in [-0.25, -0.2) is 18.2 Å². The third kappa shape index (κ3) is 6.42. The molecule has 228 valence electrons. The first-order valence-corrected chi connectivity index (χ1v) is 15.8. The van der Waals surface area contributed by atoms with E-state index in [4.69, 9.17) is 11.6 Å². The van der Waals surface area contributed by atoms with Crippen molar-refractivity contribution in [3.8, 4) is 0 Å². The Kier molecular flexibility index (Phi) is 8.97. The fourth-order valence-electron chi connectivity index (χ4n) is 5.08. The number of fused-ring (bicyclic) bond motifs is 2. The molecule has 4 amide bonds. The standard InChI is InChI=1S/C29H32ClN5O7S/c1-16-20(19-10-6-7-11-21(19)31-26(16)30)14-34-22-12-8-9-13-23(22)35(24(36)15-43(5,41)42)17(2)25(28(34)38)32-27(37)18(3)33(4)29(39)40/h6-13,17-18,25H,14-15H2,1-5H3,(H,32,37)(H,39,40)/t17-,18-,25-/m0/s1. The Morgan fingerprint density at radius 3 is 2.35 bits per heavy atom.